The fourth-order valence-corrected chi connectivity index (χ4v) is 3.47. The van der Waals surface area contributed by atoms with Crippen LogP contribution in [0.1, 0.15) is 53.0 Å². The standard InChI is InChI=1S/C24H30N4O4/c1-6-11-19-20(21(29)31-16-18-12-8-7-9-13-18)17(2)26-22(27-15-10-14-25-27)28(19)23(30)32-24(3,4)5/h7-10,12-15,19H,6,11,16H2,1-5H3. The molecule has 1 aliphatic heterocycles. The maximum atomic E-state index is 13.3. The lowest BCUT2D eigenvalue weighted by Gasteiger charge is -2.37. The first-order valence-electron chi connectivity index (χ1n) is 10.7. The second-order valence-electron chi connectivity index (χ2n) is 8.58. The molecule has 0 fully saturated rings. The monoisotopic (exact) mass is 438 g/mol. The molecule has 32 heavy (non-hydrogen) atoms. The van der Waals surface area contributed by atoms with Crippen LogP contribution < -0.4 is 0 Å². The molecule has 1 aromatic carbocycles. The highest BCUT2D eigenvalue weighted by molar-refractivity contribution is 6.01. The zero-order valence-corrected chi connectivity index (χ0v) is 19.2. The van der Waals surface area contributed by atoms with Gasteiger partial charge in [-0.15, -0.1) is 0 Å². The lowest BCUT2D eigenvalue weighted by Crippen LogP contribution is -2.53. The summed E-state index contributed by atoms with van der Waals surface area (Å²) in [7, 11) is 0. The number of esters is 1. The lowest BCUT2D eigenvalue weighted by molar-refractivity contribution is -0.141. The number of ether oxygens (including phenoxy) is 2. The number of allylic oxidation sites excluding steroid dienone is 1. The Bertz CT molecular complexity index is 1000. The van der Waals surface area contributed by atoms with Gasteiger partial charge in [-0.1, -0.05) is 43.7 Å². The number of carbonyl (C=O) groups is 2. The molecule has 3 rings (SSSR count). The van der Waals surface area contributed by atoms with Crippen LogP contribution in [0, 0.1) is 0 Å². The fraction of sp³-hybridized carbons (Fsp3) is 0.417. The van der Waals surface area contributed by atoms with Crippen LogP contribution in [0.15, 0.2) is 65.1 Å². The van der Waals surface area contributed by atoms with Gasteiger partial charge in [-0.2, -0.15) is 5.10 Å². The van der Waals surface area contributed by atoms with Crippen molar-refractivity contribution in [3.8, 4) is 0 Å². The maximum Gasteiger partial charge on any atom is 0.417 e. The topological polar surface area (TPSA) is 86.0 Å². The zero-order chi connectivity index (χ0) is 23.3. The lowest BCUT2D eigenvalue weighted by atomic mass is 9.97. The van der Waals surface area contributed by atoms with Gasteiger partial charge in [0.15, 0.2) is 0 Å². The van der Waals surface area contributed by atoms with E-state index in [2.05, 4.69) is 10.1 Å². The van der Waals surface area contributed by atoms with E-state index in [1.807, 2.05) is 37.3 Å². The minimum absolute atomic E-state index is 0.136. The molecule has 170 valence electrons. The summed E-state index contributed by atoms with van der Waals surface area (Å²) in [4.78, 5) is 32.4. The highest BCUT2D eigenvalue weighted by Gasteiger charge is 2.41. The molecule has 1 aromatic heterocycles. The van der Waals surface area contributed by atoms with E-state index in [4.69, 9.17) is 9.47 Å². The highest BCUT2D eigenvalue weighted by Crippen LogP contribution is 2.29. The third-order valence-corrected chi connectivity index (χ3v) is 4.81. The summed E-state index contributed by atoms with van der Waals surface area (Å²) >= 11 is 0. The van der Waals surface area contributed by atoms with Gasteiger partial charge in [0.25, 0.3) is 0 Å². The van der Waals surface area contributed by atoms with E-state index in [9.17, 15) is 9.59 Å². The average Bonchev–Trinajstić information content (AvgIpc) is 3.26. The molecule has 8 heteroatoms. The molecule has 0 saturated heterocycles. The van der Waals surface area contributed by atoms with Crippen molar-refractivity contribution in [2.24, 2.45) is 4.99 Å². The average molecular weight is 439 g/mol. The van der Waals surface area contributed by atoms with Gasteiger partial charge in [-0.05, 0) is 45.7 Å². The second-order valence-corrected chi connectivity index (χ2v) is 8.58. The molecule has 0 saturated carbocycles. The Hall–Kier alpha value is -3.42. The van der Waals surface area contributed by atoms with Crippen molar-refractivity contribution in [3.05, 3.63) is 65.6 Å². The summed E-state index contributed by atoms with van der Waals surface area (Å²) in [6, 6.07) is 10.6. The minimum Gasteiger partial charge on any atom is -0.457 e. The van der Waals surface area contributed by atoms with E-state index in [0.717, 1.165) is 12.0 Å². The predicted molar refractivity (Wildman–Crippen MR) is 121 cm³/mol. The van der Waals surface area contributed by atoms with Crippen molar-refractivity contribution in [2.75, 3.05) is 0 Å². The number of carbonyl (C=O) groups excluding carboxylic acids is 2. The summed E-state index contributed by atoms with van der Waals surface area (Å²) < 4.78 is 12.8. The molecular formula is C24H30N4O4. The quantitative estimate of drug-likeness (QED) is 0.641. The van der Waals surface area contributed by atoms with Gasteiger partial charge < -0.3 is 9.47 Å². The van der Waals surface area contributed by atoms with Crippen LogP contribution in [0.25, 0.3) is 0 Å². The van der Waals surface area contributed by atoms with Crippen LogP contribution in [0.3, 0.4) is 0 Å². The van der Waals surface area contributed by atoms with Crippen LogP contribution in [0.5, 0.6) is 0 Å². The molecule has 0 spiro atoms. The van der Waals surface area contributed by atoms with Crippen molar-refractivity contribution in [1.29, 1.82) is 0 Å². The third kappa shape index (κ3) is 5.43. The number of hydrogen-bond acceptors (Lipinski definition) is 6. The molecule has 0 aliphatic carbocycles. The van der Waals surface area contributed by atoms with Crippen molar-refractivity contribution in [1.82, 2.24) is 14.7 Å². The molecule has 0 radical (unpaired) electrons. The second kappa shape index (κ2) is 9.80. The van der Waals surface area contributed by atoms with Gasteiger partial charge in [0.05, 0.1) is 17.3 Å². The summed E-state index contributed by atoms with van der Waals surface area (Å²) in [5.41, 5.74) is 1.01. The SMILES string of the molecule is CCCC1C(C(=O)OCc2ccccc2)=C(C)N=C(n2cccn2)N1C(=O)OC(C)(C)C. The number of nitrogens with zero attached hydrogens (tertiary/aromatic N) is 4. The third-order valence-electron chi connectivity index (χ3n) is 4.81. The molecule has 0 bridgehead atoms. The van der Waals surface area contributed by atoms with E-state index in [1.165, 1.54) is 9.58 Å². The first-order valence-corrected chi connectivity index (χ1v) is 10.7. The van der Waals surface area contributed by atoms with Crippen molar-refractivity contribution in [3.63, 3.8) is 0 Å². The Morgan fingerprint density at radius 1 is 1.12 bits per heavy atom. The highest BCUT2D eigenvalue weighted by atomic mass is 16.6. The van der Waals surface area contributed by atoms with E-state index in [1.54, 1.807) is 46.2 Å². The molecule has 1 atom stereocenters. The number of amides is 1. The number of rotatable bonds is 5. The van der Waals surface area contributed by atoms with Crippen molar-refractivity contribution < 1.29 is 19.1 Å². The maximum absolute atomic E-state index is 13.3. The van der Waals surface area contributed by atoms with Gasteiger partial charge >= 0.3 is 12.1 Å². The van der Waals surface area contributed by atoms with Gasteiger partial charge in [0.2, 0.25) is 5.96 Å². The Morgan fingerprint density at radius 2 is 1.84 bits per heavy atom. The zero-order valence-electron chi connectivity index (χ0n) is 19.2. The Labute approximate surface area is 188 Å². The number of hydrogen-bond donors (Lipinski definition) is 0. The molecule has 1 unspecified atom stereocenters. The van der Waals surface area contributed by atoms with Gasteiger partial charge in [0.1, 0.15) is 12.2 Å². The van der Waals surface area contributed by atoms with Gasteiger partial charge in [-0.25, -0.2) is 24.2 Å². The van der Waals surface area contributed by atoms with Crippen LogP contribution in [-0.2, 0) is 20.9 Å². The van der Waals surface area contributed by atoms with Crippen LogP contribution in [0.2, 0.25) is 0 Å². The van der Waals surface area contributed by atoms with Crippen LogP contribution in [-0.4, -0.2) is 44.3 Å². The smallest absolute Gasteiger partial charge is 0.417 e. The van der Waals surface area contributed by atoms with E-state index in [-0.39, 0.29) is 6.61 Å². The summed E-state index contributed by atoms with van der Waals surface area (Å²) in [6.45, 7) is 9.27. The first kappa shape index (κ1) is 23.2. The summed E-state index contributed by atoms with van der Waals surface area (Å²) in [5, 5.41) is 4.24. The molecule has 1 amide bonds. The number of aromatic nitrogens is 2. The molecule has 2 aromatic rings. The summed E-state index contributed by atoms with van der Waals surface area (Å²) in [5.74, 6) is -0.207. The Balaban J connectivity index is 1.99. The molecule has 0 N–H and O–H groups in total. The molecular weight excluding hydrogens is 408 g/mol. The molecule has 8 nitrogen and oxygen atoms in total. The van der Waals surface area contributed by atoms with Crippen molar-refractivity contribution >= 4 is 18.0 Å². The van der Waals surface area contributed by atoms with Gasteiger partial charge in [-0.3, -0.25) is 0 Å². The number of aliphatic imine (C=N–C) groups is 1. The largest absolute Gasteiger partial charge is 0.457 e. The van der Waals surface area contributed by atoms with Crippen molar-refractivity contribution in [2.45, 2.75) is 65.7 Å². The normalized spacial score (nSPS) is 16.6. The molecule has 2 heterocycles. The van der Waals surface area contributed by atoms with E-state index in [0.29, 0.717) is 23.7 Å². The molecule has 1 aliphatic rings. The predicted octanol–water partition coefficient (Wildman–Crippen LogP) is 4.52. The van der Waals surface area contributed by atoms with Crippen LogP contribution >= 0.6 is 0 Å². The Morgan fingerprint density at radius 3 is 2.44 bits per heavy atom. The fourth-order valence-electron chi connectivity index (χ4n) is 3.47. The van der Waals surface area contributed by atoms with Gasteiger partial charge in [0, 0.05) is 12.4 Å². The van der Waals surface area contributed by atoms with E-state index >= 15 is 0 Å². The number of benzene rings is 1. The van der Waals surface area contributed by atoms with E-state index < -0.39 is 23.7 Å². The first-order chi connectivity index (χ1) is 15.2. The Kier molecular flexibility index (Phi) is 7.12. The minimum atomic E-state index is -0.715. The van der Waals surface area contributed by atoms with Crippen LogP contribution in [0.4, 0.5) is 4.79 Å². The summed E-state index contributed by atoms with van der Waals surface area (Å²) in [6.07, 6.45) is 3.98.